The van der Waals surface area contributed by atoms with Crippen molar-refractivity contribution in [2.45, 2.75) is 26.5 Å². The highest BCUT2D eigenvalue weighted by atomic mass is 16.5. The summed E-state index contributed by atoms with van der Waals surface area (Å²) in [5.74, 6) is -0.798. The first-order valence-electron chi connectivity index (χ1n) is 9.01. The summed E-state index contributed by atoms with van der Waals surface area (Å²) in [4.78, 5) is 35.9. The number of esters is 1. The topological polar surface area (TPSA) is 93.7 Å². The standard InChI is InChI=1S/C21H24N2O5/c1-3-22-20(25)15(2)23-19(24)14-28-21(26)18-12-8-7-9-16(18)13-27-17-10-5-4-6-11-17/h4-12,15H,3,13-14H2,1-2H3,(H,22,25)(H,23,24)/t15-/m0/s1. The van der Waals surface area contributed by atoms with Crippen molar-refractivity contribution in [1.29, 1.82) is 0 Å². The molecule has 0 radical (unpaired) electrons. The lowest BCUT2D eigenvalue weighted by Crippen LogP contribution is -2.46. The fourth-order valence-corrected chi connectivity index (χ4v) is 2.41. The van der Waals surface area contributed by atoms with E-state index in [0.29, 0.717) is 23.4 Å². The van der Waals surface area contributed by atoms with Crippen LogP contribution in [-0.2, 0) is 20.9 Å². The molecule has 0 spiro atoms. The van der Waals surface area contributed by atoms with E-state index in [9.17, 15) is 14.4 Å². The second-order valence-electron chi connectivity index (χ2n) is 6.02. The number of ether oxygens (including phenoxy) is 2. The second-order valence-corrected chi connectivity index (χ2v) is 6.02. The quantitative estimate of drug-likeness (QED) is 0.646. The van der Waals surface area contributed by atoms with E-state index in [4.69, 9.17) is 9.47 Å². The molecule has 0 aliphatic rings. The molecule has 2 amide bonds. The third kappa shape index (κ3) is 6.42. The number of amides is 2. The van der Waals surface area contributed by atoms with Gasteiger partial charge in [0.25, 0.3) is 5.91 Å². The monoisotopic (exact) mass is 384 g/mol. The Kier molecular flexibility index (Phi) is 8.02. The normalized spacial score (nSPS) is 11.2. The van der Waals surface area contributed by atoms with Crippen LogP contribution in [0.25, 0.3) is 0 Å². The molecule has 1 atom stereocenters. The average molecular weight is 384 g/mol. The lowest BCUT2D eigenvalue weighted by atomic mass is 10.1. The maximum atomic E-state index is 12.4. The number of carbonyl (C=O) groups is 3. The van der Waals surface area contributed by atoms with E-state index in [-0.39, 0.29) is 12.5 Å². The maximum Gasteiger partial charge on any atom is 0.339 e. The highest BCUT2D eigenvalue weighted by molar-refractivity contribution is 5.93. The van der Waals surface area contributed by atoms with Crippen molar-refractivity contribution in [3.8, 4) is 5.75 Å². The van der Waals surface area contributed by atoms with Gasteiger partial charge in [-0.3, -0.25) is 9.59 Å². The van der Waals surface area contributed by atoms with Crippen molar-refractivity contribution < 1.29 is 23.9 Å². The van der Waals surface area contributed by atoms with Gasteiger partial charge in [-0.25, -0.2) is 4.79 Å². The molecule has 0 saturated carbocycles. The van der Waals surface area contributed by atoms with Crippen LogP contribution in [0.5, 0.6) is 5.75 Å². The molecule has 2 aromatic carbocycles. The van der Waals surface area contributed by atoms with Gasteiger partial charge in [0.05, 0.1) is 5.56 Å². The Morgan fingerprint density at radius 3 is 2.39 bits per heavy atom. The van der Waals surface area contributed by atoms with E-state index >= 15 is 0 Å². The first-order chi connectivity index (χ1) is 13.5. The fourth-order valence-electron chi connectivity index (χ4n) is 2.41. The molecule has 0 aromatic heterocycles. The smallest absolute Gasteiger partial charge is 0.339 e. The highest BCUT2D eigenvalue weighted by Crippen LogP contribution is 2.15. The Labute approximate surface area is 164 Å². The van der Waals surface area contributed by atoms with Gasteiger partial charge in [0.2, 0.25) is 5.91 Å². The molecule has 0 unspecified atom stereocenters. The summed E-state index contributed by atoms with van der Waals surface area (Å²) in [6, 6.07) is 15.4. The average Bonchev–Trinajstić information content (AvgIpc) is 2.71. The van der Waals surface area contributed by atoms with Crippen LogP contribution in [0.1, 0.15) is 29.8 Å². The molecule has 2 aromatic rings. The molecule has 0 aliphatic heterocycles. The van der Waals surface area contributed by atoms with Crippen molar-refractivity contribution in [2.24, 2.45) is 0 Å². The van der Waals surface area contributed by atoms with Crippen LogP contribution in [0, 0.1) is 0 Å². The first kappa shape index (κ1) is 21.0. The summed E-state index contributed by atoms with van der Waals surface area (Å²) in [5.41, 5.74) is 0.968. The molecule has 7 heteroatoms. The lowest BCUT2D eigenvalue weighted by molar-refractivity contribution is -0.130. The number of likely N-dealkylation sites (N-methyl/N-ethyl adjacent to an activating group) is 1. The lowest BCUT2D eigenvalue weighted by Gasteiger charge is -2.14. The van der Waals surface area contributed by atoms with E-state index in [0.717, 1.165) is 0 Å². The van der Waals surface area contributed by atoms with Gasteiger partial charge in [-0.15, -0.1) is 0 Å². The van der Waals surface area contributed by atoms with Gasteiger partial charge in [-0.2, -0.15) is 0 Å². The number of rotatable bonds is 9. The Hall–Kier alpha value is -3.35. The number of hydrogen-bond acceptors (Lipinski definition) is 5. The Bertz CT molecular complexity index is 807. The zero-order valence-corrected chi connectivity index (χ0v) is 15.9. The van der Waals surface area contributed by atoms with Crippen molar-refractivity contribution in [3.05, 3.63) is 65.7 Å². The highest BCUT2D eigenvalue weighted by Gasteiger charge is 2.18. The molecule has 0 heterocycles. The molecular weight excluding hydrogens is 360 g/mol. The molecule has 0 aliphatic carbocycles. The van der Waals surface area contributed by atoms with Crippen molar-refractivity contribution in [1.82, 2.24) is 10.6 Å². The van der Waals surface area contributed by atoms with Crippen LogP contribution >= 0.6 is 0 Å². The van der Waals surface area contributed by atoms with Crippen molar-refractivity contribution in [2.75, 3.05) is 13.2 Å². The van der Waals surface area contributed by atoms with Crippen LogP contribution in [0.3, 0.4) is 0 Å². The molecule has 2 rings (SSSR count). The van der Waals surface area contributed by atoms with Gasteiger partial charge < -0.3 is 20.1 Å². The summed E-state index contributed by atoms with van der Waals surface area (Å²) in [6.07, 6.45) is 0. The van der Waals surface area contributed by atoms with Crippen LogP contribution in [0.15, 0.2) is 54.6 Å². The molecule has 0 bridgehead atoms. The summed E-state index contributed by atoms with van der Waals surface area (Å²) >= 11 is 0. The van der Waals surface area contributed by atoms with Gasteiger partial charge in [0.1, 0.15) is 18.4 Å². The summed E-state index contributed by atoms with van der Waals surface area (Å²) < 4.78 is 10.8. The zero-order chi connectivity index (χ0) is 20.4. The summed E-state index contributed by atoms with van der Waals surface area (Å²) in [6.45, 7) is 3.52. The SMILES string of the molecule is CCNC(=O)[C@H](C)NC(=O)COC(=O)c1ccccc1COc1ccccc1. The third-order valence-electron chi connectivity index (χ3n) is 3.83. The fraction of sp³-hybridized carbons (Fsp3) is 0.286. The van der Waals surface area contributed by atoms with Gasteiger partial charge in [-0.05, 0) is 32.0 Å². The minimum Gasteiger partial charge on any atom is -0.489 e. The number of nitrogens with one attached hydrogen (secondary N) is 2. The van der Waals surface area contributed by atoms with Crippen molar-refractivity contribution >= 4 is 17.8 Å². The Morgan fingerprint density at radius 2 is 1.68 bits per heavy atom. The van der Waals surface area contributed by atoms with Crippen molar-refractivity contribution in [3.63, 3.8) is 0 Å². The molecule has 148 valence electrons. The molecular formula is C21H24N2O5. The Balaban J connectivity index is 1.90. The number of hydrogen-bond donors (Lipinski definition) is 2. The summed E-state index contributed by atoms with van der Waals surface area (Å²) in [5, 5.41) is 5.08. The van der Waals surface area contributed by atoms with Crippen LogP contribution in [0.4, 0.5) is 0 Å². The van der Waals surface area contributed by atoms with Crippen LogP contribution in [0.2, 0.25) is 0 Å². The number of benzene rings is 2. The largest absolute Gasteiger partial charge is 0.489 e. The van der Waals surface area contributed by atoms with Gasteiger partial charge in [-0.1, -0.05) is 36.4 Å². The third-order valence-corrected chi connectivity index (χ3v) is 3.83. The van der Waals surface area contributed by atoms with Crippen LogP contribution < -0.4 is 15.4 Å². The minimum absolute atomic E-state index is 0.190. The summed E-state index contributed by atoms with van der Waals surface area (Å²) in [7, 11) is 0. The van der Waals surface area contributed by atoms with E-state index in [2.05, 4.69) is 10.6 Å². The second kappa shape index (κ2) is 10.7. The van der Waals surface area contributed by atoms with Gasteiger partial charge >= 0.3 is 5.97 Å². The van der Waals surface area contributed by atoms with Gasteiger partial charge in [0, 0.05) is 12.1 Å². The predicted octanol–water partition coefficient (Wildman–Crippen LogP) is 2.06. The number of para-hydroxylation sites is 1. The van der Waals surface area contributed by atoms with Gasteiger partial charge in [0.15, 0.2) is 6.61 Å². The minimum atomic E-state index is -0.710. The van der Waals surface area contributed by atoms with E-state index in [1.807, 2.05) is 30.3 Å². The maximum absolute atomic E-state index is 12.4. The predicted molar refractivity (Wildman–Crippen MR) is 104 cm³/mol. The van der Waals surface area contributed by atoms with Crippen LogP contribution in [-0.4, -0.2) is 37.0 Å². The zero-order valence-electron chi connectivity index (χ0n) is 15.9. The molecule has 0 fully saturated rings. The van der Waals surface area contributed by atoms with E-state index in [1.54, 1.807) is 38.1 Å². The molecule has 0 saturated heterocycles. The van der Waals surface area contributed by atoms with E-state index in [1.165, 1.54) is 0 Å². The number of carbonyl (C=O) groups excluding carboxylic acids is 3. The Morgan fingerprint density at radius 1 is 1.00 bits per heavy atom. The van der Waals surface area contributed by atoms with E-state index < -0.39 is 24.5 Å². The molecule has 28 heavy (non-hydrogen) atoms. The molecule has 7 nitrogen and oxygen atoms in total. The first-order valence-corrected chi connectivity index (χ1v) is 9.01. The molecule has 2 N–H and O–H groups in total.